The van der Waals surface area contributed by atoms with Crippen LogP contribution < -0.4 is 10.5 Å². The fraction of sp³-hybridized carbons (Fsp3) is 0.318. The number of hydrogen-bond acceptors (Lipinski definition) is 10. The highest BCUT2D eigenvalue weighted by Gasteiger charge is 2.65. The van der Waals surface area contributed by atoms with Crippen molar-refractivity contribution in [1.82, 2.24) is 24.2 Å². The van der Waals surface area contributed by atoms with E-state index in [0.29, 0.717) is 24.0 Å². The number of amides is 1. The van der Waals surface area contributed by atoms with Crippen LogP contribution in [0.5, 0.6) is 0 Å². The highest BCUT2D eigenvalue weighted by Crippen LogP contribution is 2.47. The summed E-state index contributed by atoms with van der Waals surface area (Å²) in [6.07, 6.45) is 3.03. The normalized spacial score (nSPS) is 24.9. The van der Waals surface area contributed by atoms with Crippen LogP contribution in [-0.2, 0) is 30.6 Å². The van der Waals surface area contributed by atoms with Crippen LogP contribution in [0, 0.1) is 11.8 Å². The summed E-state index contributed by atoms with van der Waals surface area (Å²) in [4.78, 5) is 36.2. The van der Waals surface area contributed by atoms with Gasteiger partial charge in [-0.15, -0.1) is 0 Å². The predicted octanol–water partition coefficient (Wildman–Crippen LogP) is 0.520. The second-order valence-corrected chi connectivity index (χ2v) is 9.14. The fourth-order valence-corrected chi connectivity index (χ4v) is 4.69. The van der Waals surface area contributed by atoms with E-state index in [-0.39, 0.29) is 12.4 Å². The summed E-state index contributed by atoms with van der Waals surface area (Å²) in [5.74, 6) is -3.38. The number of aliphatic hydroxyl groups is 1. The summed E-state index contributed by atoms with van der Waals surface area (Å²) in [5.41, 5.74) is 2.69. The topological polar surface area (TPSA) is 172 Å². The minimum Gasteiger partial charge on any atom is -0.382 e. The molecule has 1 fully saturated rings. The third kappa shape index (κ3) is 4.23. The number of anilines is 1. The van der Waals surface area contributed by atoms with Crippen molar-refractivity contribution in [3.05, 3.63) is 48.0 Å². The van der Waals surface area contributed by atoms with Crippen molar-refractivity contribution in [3.63, 3.8) is 0 Å². The molecule has 1 amide bonds. The van der Waals surface area contributed by atoms with Crippen LogP contribution in [-0.4, -0.2) is 59.2 Å². The number of ketones is 1. The highest BCUT2D eigenvalue weighted by atomic mass is 32.2. The number of benzene rings is 1. The van der Waals surface area contributed by atoms with Gasteiger partial charge >= 0.3 is 11.8 Å². The third-order valence-corrected chi connectivity index (χ3v) is 6.68. The average Bonchev–Trinajstić information content (AvgIpc) is 3.56. The van der Waals surface area contributed by atoms with Crippen LogP contribution in [0.4, 0.5) is 14.6 Å². The van der Waals surface area contributed by atoms with Crippen LogP contribution >= 0.6 is 0 Å². The Kier molecular flexibility index (Phi) is 6.20. The molecule has 0 spiro atoms. The first-order chi connectivity index (χ1) is 17.6. The number of halogens is 2. The van der Waals surface area contributed by atoms with E-state index in [1.54, 1.807) is 16.4 Å². The number of aromatic nitrogens is 4. The Hall–Kier alpha value is -3.84. The van der Waals surface area contributed by atoms with E-state index in [4.69, 9.17) is 14.7 Å². The maximum absolute atomic E-state index is 14.5. The molecule has 1 aromatic carbocycles. The summed E-state index contributed by atoms with van der Waals surface area (Å²) >= 11 is -2.38. The molecule has 0 saturated carbocycles. The number of alkyl halides is 2. The van der Waals surface area contributed by atoms with E-state index in [9.17, 15) is 27.7 Å². The van der Waals surface area contributed by atoms with Gasteiger partial charge in [0, 0.05) is 11.1 Å². The lowest BCUT2D eigenvalue weighted by Gasteiger charge is -2.23. The molecule has 2 aromatic heterocycles. The van der Waals surface area contributed by atoms with Gasteiger partial charge in [-0.05, 0) is 24.7 Å². The van der Waals surface area contributed by atoms with E-state index in [0.717, 1.165) is 12.1 Å². The average molecular weight is 532 g/mol. The summed E-state index contributed by atoms with van der Waals surface area (Å²) in [5, 5.41) is 10.5. The SMILES string of the molecule is Nc1ncnc2c1ncn2C1CCC(COS(=O)NC(=O)C#CC2(O)c3ccccc3C(=O)C2(F)F)O1. The molecule has 0 radical (unpaired) electrons. The van der Waals surface area contributed by atoms with Gasteiger partial charge in [-0.3, -0.25) is 18.3 Å². The first kappa shape index (κ1) is 24.8. The zero-order valence-electron chi connectivity index (χ0n) is 18.8. The van der Waals surface area contributed by atoms with Gasteiger partial charge in [0.1, 0.15) is 18.1 Å². The van der Waals surface area contributed by atoms with Gasteiger partial charge in [0.25, 0.3) is 11.3 Å². The summed E-state index contributed by atoms with van der Waals surface area (Å²) in [6, 6.07) is 4.95. The molecule has 4 N–H and O–H groups in total. The molecule has 5 rings (SSSR count). The summed E-state index contributed by atoms with van der Waals surface area (Å²) in [6.45, 7) is -0.162. The van der Waals surface area contributed by atoms with Crippen molar-refractivity contribution < 1.29 is 36.6 Å². The first-order valence-electron chi connectivity index (χ1n) is 10.8. The molecule has 12 nitrogen and oxygen atoms in total. The molecular weight excluding hydrogens is 514 g/mol. The number of carbonyl (C=O) groups excluding carboxylic acids is 2. The lowest BCUT2D eigenvalue weighted by molar-refractivity contribution is -0.116. The number of Topliss-reactive ketones (excluding diaryl/α,β-unsaturated/α-hetero) is 1. The standard InChI is InChI=1S/C22H18F2N6O6S/c23-22(24)18(32)13-3-1-2-4-14(13)21(22,33)8-7-15(31)29-37(34)35-9-12-5-6-16(36-12)30-11-28-17-19(25)26-10-27-20(17)30/h1-4,10-12,16,33H,5-6,9H2,(H,29,31)(H2,25,26,27). The van der Waals surface area contributed by atoms with Gasteiger partial charge < -0.3 is 15.6 Å². The van der Waals surface area contributed by atoms with Gasteiger partial charge in [-0.2, -0.15) is 8.78 Å². The monoisotopic (exact) mass is 532 g/mol. The van der Waals surface area contributed by atoms with Gasteiger partial charge in [-0.25, -0.2) is 23.9 Å². The van der Waals surface area contributed by atoms with Crippen molar-refractivity contribution in [2.45, 2.75) is 36.7 Å². The molecule has 3 heterocycles. The zero-order chi connectivity index (χ0) is 26.4. The number of imidazole rings is 1. The van der Waals surface area contributed by atoms with E-state index in [2.05, 4.69) is 15.0 Å². The largest absolute Gasteiger partial charge is 0.382 e. The van der Waals surface area contributed by atoms with Gasteiger partial charge in [0.15, 0.2) is 11.5 Å². The molecule has 0 bridgehead atoms. The van der Waals surface area contributed by atoms with Crippen molar-refractivity contribution in [1.29, 1.82) is 0 Å². The molecular formula is C22H18F2N6O6S. The van der Waals surface area contributed by atoms with Crippen LogP contribution in [0.15, 0.2) is 36.9 Å². The molecule has 37 heavy (non-hydrogen) atoms. The molecule has 2 aliphatic rings. The Labute approximate surface area is 210 Å². The second-order valence-electron chi connectivity index (χ2n) is 8.23. The van der Waals surface area contributed by atoms with E-state index in [1.165, 1.54) is 24.8 Å². The van der Waals surface area contributed by atoms with Gasteiger partial charge in [-0.1, -0.05) is 24.3 Å². The lowest BCUT2D eigenvalue weighted by Crippen LogP contribution is -2.44. The molecule has 4 unspecified atom stereocenters. The molecule has 1 saturated heterocycles. The van der Waals surface area contributed by atoms with Gasteiger partial charge in [0.05, 0.1) is 19.0 Å². The van der Waals surface area contributed by atoms with Crippen LogP contribution in [0.25, 0.3) is 11.2 Å². The number of nitrogen functional groups attached to an aromatic ring is 1. The molecule has 192 valence electrons. The first-order valence-corrected chi connectivity index (χ1v) is 11.9. The minimum absolute atomic E-state index is 0.162. The number of hydrogen-bond donors (Lipinski definition) is 3. The summed E-state index contributed by atoms with van der Waals surface area (Å²) < 4.78 is 55.6. The molecule has 1 aliphatic carbocycles. The van der Waals surface area contributed by atoms with E-state index < -0.39 is 57.9 Å². The quantitative estimate of drug-likeness (QED) is 0.394. The van der Waals surface area contributed by atoms with Crippen LogP contribution in [0.3, 0.4) is 0 Å². The Bertz CT molecular complexity index is 1500. The maximum Gasteiger partial charge on any atom is 0.353 e. The van der Waals surface area contributed by atoms with Crippen molar-refractivity contribution in [2.75, 3.05) is 12.3 Å². The minimum atomic E-state index is -4.27. The zero-order valence-corrected chi connectivity index (χ0v) is 19.6. The molecule has 1 aliphatic heterocycles. The van der Waals surface area contributed by atoms with Crippen molar-refractivity contribution in [2.24, 2.45) is 0 Å². The second kappa shape index (κ2) is 9.23. The third-order valence-electron chi connectivity index (χ3n) is 5.98. The molecule has 15 heteroatoms. The van der Waals surface area contributed by atoms with Crippen molar-refractivity contribution >= 4 is 39.9 Å². The Morgan fingerprint density at radius 2 is 2.11 bits per heavy atom. The van der Waals surface area contributed by atoms with Crippen LogP contribution in [0.1, 0.15) is 35.0 Å². The molecule has 3 aromatic rings. The molecule has 4 atom stereocenters. The smallest absolute Gasteiger partial charge is 0.353 e. The maximum atomic E-state index is 14.5. The van der Waals surface area contributed by atoms with Crippen molar-refractivity contribution in [3.8, 4) is 11.8 Å². The summed E-state index contributed by atoms with van der Waals surface area (Å²) in [7, 11) is 0. The Balaban J connectivity index is 1.17. The Morgan fingerprint density at radius 1 is 1.32 bits per heavy atom. The number of carbonyl (C=O) groups is 2. The number of nitrogens with one attached hydrogen (secondary N) is 1. The number of nitrogens with two attached hydrogens (primary N) is 1. The lowest BCUT2D eigenvalue weighted by atomic mass is 9.94. The van der Waals surface area contributed by atoms with E-state index >= 15 is 0 Å². The van der Waals surface area contributed by atoms with Crippen LogP contribution in [0.2, 0.25) is 0 Å². The Morgan fingerprint density at radius 3 is 2.92 bits per heavy atom. The fourth-order valence-electron chi connectivity index (χ4n) is 4.16. The van der Waals surface area contributed by atoms with E-state index in [1.807, 2.05) is 4.72 Å². The number of nitrogens with zero attached hydrogens (tertiary/aromatic N) is 4. The predicted molar refractivity (Wildman–Crippen MR) is 123 cm³/mol. The number of ether oxygens (including phenoxy) is 1. The number of fused-ring (bicyclic) bond motifs is 2. The highest BCUT2D eigenvalue weighted by molar-refractivity contribution is 7.78. The number of rotatable bonds is 5. The van der Waals surface area contributed by atoms with Gasteiger partial charge in [0.2, 0.25) is 11.4 Å².